The van der Waals surface area contributed by atoms with Crippen LogP contribution >= 0.6 is 0 Å². The highest BCUT2D eigenvalue weighted by atomic mass is 16.1. The summed E-state index contributed by atoms with van der Waals surface area (Å²) in [5, 5.41) is 8.60. The van der Waals surface area contributed by atoms with Crippen LogP contribution in [0.2, 0.25) is 0 Å². The second-order valence-corrected chi connectivity index (χ2v) is 5.32. The number of hydrogen-bond donors (Lipinski definition) is 2. The summed E-state index contributed by atoms with van der Waals surface area (Å²) in [6.45, 7) is 5.09. The average Bonchev–Trinajstić information content (AvgIpc) is 2.43. The number of carbonyl (C=O) groups is 1. The van der Waals surface area contributed by atoms with Gasteiger partial charge < -0.3 is 10.6 Å². The van der Waals surface area contributed by atoms with Gasteiger partial charge in [0.2, 0.25) is 5.91 Å². The Hall–Kier alpha value is -1.87. The van der Waals surface area contributed by atoms with Crippen LogP contribution < -0.4 is 10.6 Å². The van der Waals surface area contributed by atoms with E-state index in [4.69, 9.17) is 0 Å². The van der Waals surface area contributed by atoms with E-state index in [1.165, 1.54) is 5.39 Å². The first kappa shape index (κ1) is 14.5. The summed E-state index contributed by atoms with van der Waals surface area (Å²) in [5.41, 5.74) is 0.866. The number of nitrogens with one attached hydrogen (secondary N) is 2. The molecule has 2 aromatic rings. The van der Waals surface area contributed by atoms with Crippen molar-refractivity contribution in [3.63, 3.8) is 0 Å². The van der Waals surface area contributed by atoms with Crippen molar-refractivity contribution in [2.45, 2.75) is 32.7 Å². The molecule has 106 valence electrons. The van der Waals surface area contributed by atoms with Crippen molar-refractivity contribution in [2.75, 3.05) is 11.9 Å². The highest BCUT2D eigenvalue weighted by molar-refractivity contribution is 5.94. The number of fused-ring (bicyclic) bond motifs is 1. The zero-order chi connectivity index (χ0) is 14.4. The molecule has 0 saturated heterocycles. The van der Waals surface area contributed by atoms with E-state index in [2.05, 4.69) is 36.6 Å². The van der Waals surface area contributed by atoms with Gasteiger partial charge >= 0.3 is 0 Å². The molecule has 2 aromatic carbocycles. The van der Waals surface area contributed by atoms with Gasteiger partial charge in [0.25, 0.3) is 0 Å². The number of anilines is 1. The quantitative estimate of drug-likeness (QED) is 0.788. The molecule has 0 radical (unpaired) electrons. The molecule has 0 heterocycles. The van der Waals surface area contributed by atoms with Gasteiger partial charge in [0, 0.05) is 18.2 Å². The zero-order valence-electron chi connectivity index (χ0n) is 12.1. The van der Waals surface area contributed by atoms with E-state index < -0.39 is 0 Å². The van der Waals surface area contributed by atoms with E-state index in [0.717, 1.165) is 24.0 Å². The first-order valence-electron chi connectivity index (χ1n) is 7.17. The fourth-order valence-electron chi connectivity index (χ4n) is 2.13. The Morgan fingerprint density at radius 2 is 1.85 bits per heavy atom. The molecule has 20 heavy (non-hydrogen) atoms. The highest BCUT2D eigenvalue weighted by Gasteiger charge is 2.03. The Balaban J connectivity index is 1.86. The molecule has 0 fully saturated rings. The van der Waals surface area contributed by atoms with Gasteiger partial charge in [-0.2, -0.15) is 0 Å². The van der Waals surface area contributed by atoms with Crippen LogP contribution in [0.5, 0.6) is 0 Å². The maximum Gasteiger partial charge on any atom is 0.224 e. The predicted molar refractivity (Wildman–Crippen MR) is 85.0 cm³/mol. The van der Waals surface area contributed by atoms with Crippen LogP contribution in [0.3, 0.4) is 0 Å². The molecular formula is C17H22N2O. The van der Waals surface area contributed by atoms with Crippen LogP contribution in [0.25, 0.3) is 10.8 Å². The van der Waals surface area contributed by atoms with E-state index in [1.54, 1.807) is 0 Å². The van der Waals surface area contributed by atoms with E-state index in [9.17, 15) is 4.79 Å². The molecule has 1 amide bonds. The second kappa shape index (κ2) is 7.06. The lowest BCUT2D eigenvalue weighted by Gasteiger charge is -2.09. The minimum absolute atomic E-state index is 0.0748. The molecule has 2 N–H and O–H groups in total. The molecule has 0 unspecified atom stereocenters. The van der Waals surface area contributed by atoms with Gasteiger partial charge in [-0.3, -0.25) is 4.79 Å². The summed E-state index contributed by atoms with van der Waals surface area (Å²) >= 11 is 0. The summed E-state index contributed by atoms with van der Waals surface area (Å²) < 4.78 is 0. The van der Waals surface area contributed by atoms with E-state index in [-0.39, 0.29) is 5.91 Å². The Labute approximate surface area is 120 Å². The molecular weight excluding hydrogens is 248 g/mol. The Morgan fingerprint density at radius 3 is 2.60 bits per heavy atom. The zero-order valence-corrected chi connectivity index (χ0v) is 12.1. The predicted octanol–water partition coefficient (Wildman–Crippen LogP) is 3.56. The van der Waals surface area contributed by atoms with Crippen molar-refractivity contribution in [3.05, 3.63) is 42.5 Å². The average molecular weight is 270 g/mol. The van der Waals surface area contributed by atoms with Crippen LogP contribution in [0.4, 0.5) is 5.69 Å². The summed E-state index contributed by atoms with van der Waals surface area (Å²) in [5.74, 6) is 0.0748. The molecule has 3 nitrogen and oxygen atoms in total. The highest BCUT2D eigenvalue weighted by Crippen LogP contribution is 2.18. The lowest BCUT2D eigenvalue weighted by atomic mass is 10.1. The first-order chi connectivity index (χ1) is 9.65. The normalized spacial score (nSPS) is 10.9. The van der Waals surface area contributed by atoms with Crippen molar-refractivity contribution in [1.82, 2.24) is 5.32 Å². The van der Waals surface area contributed by atoms with Gasteiger partial charge in [0.15, 0.2) is 0 Å². The van der Waals surface area contributed by atoms with Gasteiger partial charge in [0.05, 0.1) is 0 Å². The van der Waals surface area contributed by atoms with Crippen LogP contribution in [0.1, 0.15) is 26.7 Å². The van der Waals surface area contributed by atoms with Gasteiger partial charge in [0.1, 0.15) is 0 Å². The second-order valence-electron chi connectivity index (χ2n) is 5.32. The molecule has 0 spiro atoms. The molecule has 0 atom stereocenters. The van der Waals surface area contributed by atoms with E-state index in [0.29, 0.717) is 12.5 Å². The van der Waals surface area contributed by atoms with E-state index in [1.807, 2.05) is 30.3 Å². The fraction of sp³-hybridized carbons (Fsp3) is 0.353. The SMILES string of the molecule is CC(C)NCCCC(=O)Nc1ccc2ccccc2c1. The van der Waals surface area contributed by atoms with Gasteiger partial charge in [-0.1, -0.05) is 44.2 Å². The number of rotatable bonds is 6. The molecule has 2 rings (SSSR count). The first-order valence-corrected chi connectivity index (χ1v) is 7.17. The largest absolute Gasteiger partial charge is 0.326 e. The van der Waals surface area contributed by atoms with Crippen LogP contribution in [-0.2, 0) is 4.79 Å². The van der Waals surface area contributed by atoms with Gasteiger partial charge in [-0.25, -0.2) is 0 Å². The monoisotopic (exact) mass is 270 g/mol. The summed E-state index contributed by atoms with van der Waals surface area (Å²) in [6.07, 6.45) is 1.41. The van der Waals surface area contributed by atoms with Crippen molar-refractivity contribution in [2.24, 2.45) is 0 Å². The molecule has 0 bridgehead atoms. The third-order valence-corrected chi connectivity index (χ3v) is 3.17. The minimum Gasteiger partial charge on any atom is -0.326 e. The van der Waals surface area contributed by atoms with Crippen LogP contribution in [0.15, 0.2) is 42.5 Å². The van der Waals surface area contributed by atoms with Crippen molar-refractivity contribution < 1.29 is 4.79 Å². The van der Waals surface area contributed by atoms with E-state index >= 15 is 0 Å². The number of benzene rings is 2. The standard InChI is InChI=1S/C17H22N2O/c1-13(2)18-11-5-8-17(20)19-16-10-9-14-6-3-4-7-15(14)12-16/h3-4,6-7,9-10,12-13,18H,5,8,11H2,1-2H3,(H,19,20). The van der Waals surface area contributed by atoms with Crippen molar-refractivity contribution in [1.29, 1.82) is 0 Å². The minimum atomic E-state index is 0.0748. The molecule has 0 saturated carbocycles. The van der Waals surface area contributed by atoms with Gasteiger partial charge in [-0.15, -0.1) is 0 Å². The molecule has 0 aliphatic heterocycles. The lowest BCUT2D eigenvalue weighted by molar-refractivity contribution is -0.116. The Bertz CT molecular complexity index is 578. The summed E-state index contributed by atoms with van der Waals surface area (Å²) in [4.78, 5) is 11.9. The maximum absolute atomic E-state index is 11.9. The Kier molecular flexibility index (Phi) is 5.13. The Morgan fingerprint density at radius 1 is 1.10 bits per heavy atom. The molecule has 0 aliphatic carbocycles. The molecule has 3 heteroatoms. The number of hydrogen-bond acceptors (Lipinski definition) is 2. The topological polar surface area (TPSA) is 41.1 Å². The molecule has 0 aromatic heterocycles. The fourth-order valence-corrected chi connectivity index (χ4v) is 2.13. The van der Waals surface area contributed by atoms with Gasteiger partial charge in [-0.05, 0) is 35.9 Å². The number of carbonyl (C=O) groups excluding carboxylic acids is 1. The summed E-state index contributed by atoms with van der Waals surface area (Å²) in [6, 6.07) is 14.6. The third kappa shape index (κ3) is 4.35. The smallest absolute Gasteiger partial charge is 0.224 e. The third-order valence-electron chi connectivity index (χ3n) is 3.17. The van der Waals surface area contributed by atoms with Crippen molar-refractivity contribution in [3.8, 4) is 0 Å². The van der Waals surface area contributed by atoms with Crippen molar-refractivity contribution >= 4 is 22.4 Å². The maximum atomic E-state index is 11.9. The molecule has 0 aliphatic rings. The number of amides is 1. The summed E-state index contributed by atoms with van der Waals surface area (Å²) in [7, 11) is 0. The lowest BCUT2D eigenvalue weighted by Crippen LogP contribution is -2.24. The van der Waals surface area contributed by atoms with Crippen LogP contribution in [0, 0.1) is 0 Å². The van der Waals surface area contributed by atoms with Crippen LogP contribution in [-0.4, -0.2) is 18.5 Å².